The summed E-state index contributed by atoms with van der Waals surface area (Å²) >= 11 is 1.38. The summed E-state index contributed by atoms with van der Waals surface area (Å²) in [6.07, 6.45) is 4.48. The van der Waals surface area contributed by atoms with Crippen molar-refractivity contribution in [2.45, 2.75) is 6.42 Å². The number of carbonyl (C=O) groups excluding carboxylic acids is 1. The lowest BCUT2D eigenvalue weighted by molar-refractivity contribution is -0.121. The fraction of sp³-hybridized carbons (Fsp3) is 0.615. The maximum Gasteiger partial charge on any atom is 0.246 e. The van der Waals surface area contributed by atoms with Gasteiger partial charge < -0.3 is 15.0 Å². The van der Waals surface area contributed by atoms with Crippen LogP contribution in [0.2, 0.25) is 0 Å². The van der Waals surface area contributed by atoms with E-state index < -0.39 is 0 Å². The highest BCUT2D eigenvalue weighted by molar-refractivity contribution is 7.19. The van der Waals surface area contributed by atoms with Gasteiger partial charge in [-0.2, -0.15) is 10.2 Å². The van der Waals surface area contributed by atoms with Gasteiger partial charge in [-0.1, -0.05) is 11.3 Å². The smallest absolute Gasteiger partial charge is 0.246 e. The van der Waals surface area contributed by atoms with E-state index in [1.165, 1.54) is 11.3 Å². The van der Waals surface area contributed by atoms with Crippen molar-refractivity contribution in [3.8, 4) is 6.19 Å². The molecule has 112 valence electrons. The average Bonchev–Trinajstić information content (AvgIpc) is 3.21. The molecule has 8 heteroatoms. The van der Waals surface area contributed by atoms with Crippen molar-refractivity contribution in [1.29, 1.82) is 5.26 Å². The fourth-order valence-electron chi connectivity index (χ4n) is 2.52. The summed E-state index contributed by atoms with van der Waals surface area (Å²) in [5, 5.41) is 13.9. The van der Waals surface area contributed by atoms with E-state index in [-0.39, 0.29) is 11.8 Å². The summed E-state index contributed by atoms with van der Waals surface area (Å²) in [6, 6.07) is 0. The molecule has 2 fully saturated rings. The highest BCUT2D eigenvalue weighted by Gasteiger charge is 2.30. The van der Waals surface area contributed by atoms with Gasteiger partial charge in [0.15, 0.2) is 6.19 Å². The SMILES string of the molecule is N#CN(C(=O)[C@@H]1CCNC1)c1ncc(N2CCOCC2)s1. The van der Waals surface area contributed by atoms with Crippen LogP contribution >= 0.6 is 11.3 Å². The topological polar surface area (TPSA) is 81.5 Å². The first kappa shape index (κ1) is 14.3. The van der Waals surface area contributed by atoms with Gasteiger partial charge in [0.1, 0.15) is 5.00 Å². The monoisotopic (exact) mass is 307 g/mol. The highest BCUT2D eigenvalue weighted by atomic mass is 32.1. The van der Waals surface area contributed by atoms with E-state index in [9.17, 15) is 10.1 Å². The van der Waals surface area contributed by atoms with Crippen molar-refractivity contribution >= 4 is 27.4 Å². The summed E-state index contributed by atoms with van der Waals surface area (Å²) < 4.78 is 5.32. The van der Waals surface area contributed by atoms with Crippen molar-refractivity contribution in [2.75, 3.05) is 49.2 Å². The first-order chi connectivity index (χ1) is 10.3. The van der Waals surface area contributed by atoms with Crippen LogP contribution in [0.25, 0.3) is 0 Å². The Morgan fingerprint density at radius 3 is 3.05 bits per heavy atom. The Labute approximate surface area is 127 Å². The molecule has 2 aliphatic heterocycles. The average molecular weight is 307 g/mol. The Morgan fingerprint density at radius 1 is 1.57 bits per heavy atom. The molecule has 1 amide bonds. The van der Waals surface area contributed by atoms with E-state index in [0.29, 0.717) is 24.9 Å². The van der Waals surface area contributed by atoms with E-state index in [4.69, 9.17) is 4.74 Å². The van der Waals surface area contributed by atoms with Gasteiger partial charge in [0.2, 0.25) is 11.0 Å². The predicted octanol–water partition coefficient (Wildman–Crippen LogP) is 0.403. The zero-order valence-corrected chi connectivity index (χ0v) is 12.4. The van der Waals surface area contributed by atoms with Crippen molar-refractivity contribution in [3.63, 3.8) is 0 Å². The van der Waals surface area contributed by atoms with Gasteiger partial charge in [-0.3, -0.25) is 4.79 Å². The normalized spacial score (nSPS) is 22.0. The minimum Gasteiger partial charge on any atom is -0.378 e. The van der Waals surface area contributed by atoms with Crippen molar-refractivity contribution in [2.24, 2.45) is 5.92 Å². The Bertz CT molecular complexity index is 543. The number of rotatable bonds is 3. The molecule has 0 radical (unpaired) electrons. The van der Waals surface area contributed by atoms with Gasteiger partial charge in [0.25, 0.3) is 0 Å². The molecular weight excluding hydrogens is 290 g/mol. The Balaban J connectivity index is 1.73. The zero-order chi connectivity index (χ0) is 14.7. The number of morpholine rings is 1. The molecule has 1 atom stereocenters. The molecule has 0 bridgehead atoms. The molecule has 0 saturated carbocycles. The molecule has 3 heterocycles. The van der Waals surface area contributed by atoms with E-state index in [1.54, 1.807) is 6.20 Å². The number of anilines is 2. The van der Waals surface area contributed by atoms with Crippen LogP contribution in [-0.2, 0) is 9.53 Å². The molecule has 7 nitrogen and oxygen atoms in total. The third-order valence-corrected chi connectivity index (χ3v) is 4.77. The zero-order valence-electron chi connectivity index (χ0n) is 11.6. The van der Waals surface area contributed by atoms with E-state index in [0.717, 1.165) is 36.0 Å². The van der Waals surface area contributed by atoms with Crippen LogP contribution in [0.3, 0.4) is 0 Å². The second-order valence-electron chi connectivity index (χ2n) is 5.04. The number of ether oxygens (including phenoxy) is 1. The van der Waals surface area contributed by atoms with Crippen molar-refractivity contribution in [3.05, 3.63) is 6.20 Å². The van der Waals surface area contributed by atoms with Gasteiger partial charge in [-0.25, -0.2) is 4.98 Å². The maximum absolute atomic E-state index is 12.4. The van der Waals surface area contributed by atoms with Crippen molar-refractivity contribution in [1.82, 2.24) is 10.3 Å². The summed E-state index contributed by atoms with van der Waals surface area (Å²) in [6.45, 7) is 4.48. The van der Waals surface area contributed by atoms with E-state index >= 15 is 0 Å². The van der Waals surface area contributed by atoms with Gasteiger partial charge in [0.05, 0.1) is 25.3 Å². The first-order valence-corrected chi connectivity index (χ1v) is 7.84. The highest BCUT2D eigenvalue weighted by Crippen LogP contribution is 2.31. The summed E-state index contributed by atoms with van der Waals surface area (Å²) in [7, 11) is 0. The van der Waals surface area contributed by atoms with Crippen molar-refractivity contribution < 1.29 is 9.53 Å². The number of nitrogens with zero attached hydrogens (tertiary/aromatic N) is 4. The maximum atomic E-state index is 12.4. The molecule has 3 rings (SSSR count). The molecule has 0 unspecified atom stereocenters. The number of aromatic nitrogens is 1. The second-order valence-corrected chi connectivity index (χ2v) is 6.03. The lowest BCUT2D eigenvalue weighted by Crippen LogP contribution is -2.35. The fourth-order valence-corrected chi connectivity index (χ4v) is 3.46. The molecule has 1 aromatic heterocycles. The standard InChI is InChI=1S/C13H17N5O2S/c14-9-18(12(19)10-1-2-15-7-10)13-16-8-11(21-13)17-3-5-20-6-4-17/h8,10,15H,1-7H2/t10-/m1/s1. The van der Waals surface area contributed by atoms with Crippen LogP contribution < -0.4 is 15.1 Å². The molecule has 2 aliphatic rings. The molecule has 1 N–H and O–H groups in total. The molecule has 2 saturated heterocycles. The van der Waals surface area contributed by atoms with E-state index in [1.807, 2.05) is 6.19 Å². The molecule has 0 spiro atoms. The Hall–Kier alpha value is -1.69. The van der Waals surface area contributed by atoms with Crippen LogP contribution in [0.5, 0.6) is 0 Å². The Kier molecular flexibility index (Phi) is 4.34. The minimum atomic E-state index is -0.162. The van der Waals surface area contributed by atoms with Gasteiger partial charge in [-0.05, 0) is 13.0 Å². The van der Waals surface area contributed by atoms with Gasteiger partial charge >= 0.3 is 0 Å². The number of nitrogens with one attached hydrogen (secondary N) is 1. The third-order valence-electron chi connectivity index (χ3n) is 3.73. The van der Waals surface area contributed by atoms with E-state index in [2.05, 4.69) is 15.2 Å². The first-order valence-electron chi connectivity index (χ1n) is 7.02. The van der Waals surface area contributed by atoms with Crippen LogP contribution in [0.1, 0.15) is 6.42 Å². The number of carbonyl (C=O) groups is 1. The minimum absolute atomic E-state index is 0.125. The second kappa shape index (κ2) is 6.39. The number of thiazole rings is 1. The predicted molar refractivity (Wildman–Crippen MR) is 79.2 cm³/mol. The summed E-state index contributed by atoms with van der Waals surface area (Å²) in [4.78, 5) is 19.9. The molecule has 1 aromatic rings. The largest absolute Gasteiger partial charge is 0.378 e. The van der Waals surface area contributed by atoms with Crippen LogP contribution in [0.15, 0.2) is 6.20 Å². The summed E-state index contributed by atoms with van der Waals surface area (Å²) in [5.74, 6) is -0.286. The molecule has 0 aromatic carbocycles. The van der Waals surface area contributed by atoms with Gasteiger partial charge in [-0.15, -0.1) is 0 Å². The summed E-state index contributed by atoms with van der Waals surface area (Å²) in [5.41, 5.74) is 0. The lowest BCUT2D eigenvalue weighted by Gasteiger charge is -2.26. The molecule has 0 aliphatic carbocycles. The number of hydrogen-bond acceptors (Lipinski definition) is 7. The lowest BCUT2D eigenvalue weighted by atomic mass is 10.1. The van der Waals surface area contributed by atoms with Crippen LogP contribution in [-0.4, -0.2) is 50.3 Å². The third kappa shape index (κ3) is 3.00. The van der Waals surface area contributed by atoms with Gasteiger partial charge in [0, 0.05) is 19.6 Å². The van der Waals surface area contributed by atoms with Crippen LogP contribution in [0.4, 0.5) is 10.1 Å². The number of amides is 1. The molecular formula is C13H17N5O2S. The van der Waals surface area contributed by atoms with Crippen LogP contribution in [0, 0.1) is 17.4 Å². The molecule has 21 heavy (non-hydrogen) atoms. The number of nitriles is 1. The Morgan fingerprint density at radius 2 is 2.38 bits per heavy atom. The quantitative estimate of drug-likeness (QED) is 0.643. The number of hydrogen-bond donors (Lipinski definition) is 1.